The number of nitrogens with zero attached hydrogens (tertiary/aromatic N) is 3. The highest BCUT2D eigenvalue weighted by Crippen LogP contribution is 2.21. The van der Waals surface area contributed by atoms with Crippen molar-refractivity contribution >= 4 is 16.9 Å². The number of rotatable bonds is 6. The lowest BCUT2D eigenvalue weighted by Gasteiger charge is -2.26. The highest BCUT2D eigenvalue weighted by molar-refractivity contribution is 5.79. The average molecular weight is 383 g/mol. The monoisotopic (exact) mass is 383 g/mol. The second-order valence-corrected chi connectivity index (χ2v) is 7.09. The summed E-state index contributed by atoms with van der Waals surface area (Å²) in [5, 5.41) is 0.631. The average Bonchev–Trinajstić information content (AvgIpc) is 2.78. The Balaban J connectivity index is 1.91. The molecule has 0 bridgehead atoms. The van der Waals surface area contributed by atoms with Gasteiger partial charge in [-0.05, 0) is 48.7 Å². The van der Waals surface area contributed by atoms with E-state index in [0.717, 1.165) is 24.2 Å². The second-order valence-electron chi connectivity index (χ2n) is 7.09. The van der Waals surface area contributed by atoms with Crippen LogP contribution in [-0.2, 0) is 13.0 Å². The highest BCUT2D eigenvalue weighted by Gasteiger charge is 2.17. The van der Waals surface area contributed by atoms with Crippen molar-refractivity contribution < 1.29 is 0 Å². The zero-order valence-electron chi connectivity index (χ0n) is 16.9. The summed E-state index contributed by atoms with van der Waals surface area (Å²) in [6, 6.07) is 26.0. The maximum absolute atomic E-state index is 13.5. The maximum atomic E-state index is 13.5. The van der Waals surface area contributed by atoms with Gasteiger partial charge >= 0.3 is 0 Å². The standard InChI is InChI=1S/C25H25N3O/c1-3-19-14-16-21(17-15-19)28-24(29)22-12-8-9-13-23(22)26-25(28)27(4-2)18-20-10-6-5-7-11-20/h5-17H,3-4,18H2,1-2H3. The zero-order chi connectivity index (χ0) is 20.2. The van der Waals surface area contributed by atoms with E-state index in [2.05, 4.69) is 43.0 Å². The number of anilines is 1. The summed E-state index contributed by atoms with van der Waals surface area (Å²) in [4.78, 5) is 20.5. The molecule has 4 nitrogen and oxygen atoms in total. The van der Waals surface area contributed by atoms with Gasteiger partial charge in [0.05, 0.1) is 16.6 Å². The molecule has 29 heavy (non-hydrogen) atoms. The molecule has 0 aliphatic carbocycles. The smallest absolute Gasteiger partial charge is 0.267 e. The van der Waals surface area contributed by atoms with E-state index in [1.54, 1.807) is 4.57 Å². The molecular weight excluding hydrogens is 358 g/mol. The number of aryl methyl sites for hydroxylation is 1. The molecule has 0 fully saturated rings. The Kier molecular flexibility index (Phi) is 5.43. The first-order chi connectivity index (χ1) is 14.2. The van der Waals surface area contributed by atoms with E-state index < -0.39 is 0 Å². The van der Waals surface area contributed by atoms with Gasteiger partial charge in [0.25, 0.3) is 5.56 Å². The molecule has 0 unspecified atom stereocenters. The van der Waals surface area contributed by atoms with Crippen molar-refractivity contribution in [2.24, 2.45) is 0 Å². The van der Waals surface area contributed by atoms with Gasteiger partial charge in [-0.3, -0.25) is 4.79 Å². The fourth-order valence-electron chi connectivity index (χ4n) is 3.57. The summed E-state index contributed by atoms with van der Waals surface area (Å²) in [7, 11) is 0. The van der Waals surface area contributed by atoms with Crippen LogP contribution in [0.5, 0.6) is 0 Å². The minimum absolute atomic E-state index is 0.0404. The fourth-order valence-corrected chi connectivity index (χ4v) is 3.57. The molecular formula is C25H25N3O. The van der Waals surface area contributed by atoms with E-state index in [1.807, 2.05) is 54.6 Å². The molecule has 0 atom stereocenters. The van der Waals surface area contributed by atoms with Crippen molar-refractivity contribution in [1.82, 2.24) is 9.55 Å². The highest BCUT2D eigenvalue weighted by atomic mass is 16.1. The van der Waals surface area contributed by atoms with Crippen LogP contribution in [0, 0.1) is 0 Å². The third-order valence-electron chi connectivity index (χ3n) is 5.24. The molecule has 146 valence electrons. The van der Waals surface area contributed by atoms with Crippen LogP contribution >= 0.6 is 0 Å². The number of hydrogen-bond donors (Lipinski definition) is 0. The van der Waals surface area contributed by atoms with Gasteiger partial charge in [-0.25, -0.2) is 9.55 Å². The van der Waals surface area contributed by atoms with Gasteiger partial charge in [0.1, 0.15) is 0 Å². The number of fused-ring (bicyclic) bond motifs is 1. The van der Waals surface area contributed by atoms with Crippen molar-refractivity contribution in [3.63, 3.8) is 0 Å². The molecule has 0 amide bonds. The summed E-state index contributed by atoms with van der Waals surface area (Å²) in [5.41, 5.74) is 3.95. The van der Waals surface area contributed by atoms with Crippen LogP contribution in [-0.4, -0.2) is 16.1 Å². The van der Waals surface area contributed by atoms with Crippen LogP contribution in [0.25, 0.3) is 16.6 Å². The Morgan fingerprint density at radius 1 is 0.828 bits per heavy atom. The first kappa shape index (κ1) is 18.9. The Morgan fingerprint density at radius 3 is 2.21 bits per heavy atom. The molecule has 4 aromatic rings. The van der Waals surface area contributed by atoms with Crippen molar-refractivity contribution in [2.75, 3.05) is 11.4 Å². The number of hydrogen-bond acceptors (Lipinski definition) is 3. The zero-order valence-corrected chi connectivity index (χ0v) is 16.9. The predicted octanol–water partition coefficient (Wildman–Crippen LogP) is 4.97. The van der Waals surface area contributed by atoms with Gasteiger partial charge in [0.15, 0.2) is 0 Å². The van der Waals surface area contributed by atoms with Gasteiger partial charge in [0, 0.05) is 13.1 Å². The molecule has 0 aliphatic heterocycles. The number of benzene rings is 3. The quantitative estimate of drug-likeness (QED) is 0.472. The minimum atomic E-state index is -0.0404. The van der Waals surface area contributed by atoms with Crippen LogP contribution in [0.15, 0.2) is 83.7 Å². The topological polar surface area (TPSA) is 38.1 Å². The lowest BCUT2D eigenvalue weighted by Crippen LogP contribution is -2.32. The van der Waals surface area contributed by atoms with E-state index in [9.17, 15) is 4.79 Å². The van der Waals surface area contributed by atoms with E-state index in [-0.39, 0.29) is 5.56 Å². The third kappa shape index (κ3) is 3.79. The van der Waals surface area contributed by atoms with Crippen LogP contribution < -0.4 is 10.5 Å². The molecule has 0 N–H and O–H groups in total. The molecule has 0 saturated heterocycles. The van der Waals surface area contributed by atoms with E-state index in [0.29, 0.717) is 17.9 Å². The van der Waals surface area contributed by atoms with Crippen LogP contribution in [0.1, 0.15) is 25.0 Å². The number of aromatic nitrogens is 2. The first-order valence-corrected chi connectivity index (χ1v) is 10.1. The van der Waals surface area contributed by atoms with Gasteiger partial charge in [-0.15, -0.1) is 0 Å². The van der Waals surface area contributed by atoms with Gasteiger partial charge in [-0.1, -0.05) is 61.5 Å². The first-order valence-electron chi connectivity index (χ1n) is 10.1. The SMILES string of the molecule is CCc1ccc(-n2c(N(CC)Cc3ccccc3)nc3ccccc3c2=O)cc1. The Labute approximate surface area is 171 Å². The molecule has 0 aliphatic rings. The Hall–Kier alpha value is -3.40. The Morgan fingerprint density at radius 2 is 1.52 bits per heavy atom. The van der Waals surface area contributed by atoms with E-state index >= 15 is 0 Å². The molecule has 1 heterocycles. The lowest BCUT2D eigenvalue weighted by atomic mass is 10.1. The fraction of sp³-hybridized carbons (Fsp3) is 0.200. The van der Waals surface area contributed by atoms with Gasteiger partial charge in [0.2, 0.25) is 5.95 Å². The third-order valence-corrected chi connectivity index (χ3v) is 5.24. The molecule has 0 saturated carbocycles. The molecule has 0 spiro atoms. The summed E-state index contributed by atoms with van der Waals surface area (Å²) >= 11 is 0. The molecule has 0 radical (unpaired) electrons. The van der Waals surface area contributed by atoms with Crippen molar-refractivity contribution in [3.05, 3.63) is 100 Å². The second kappa shape index (κ2) is 8.31. The molecule has 4 heteroatoms. The number of para-hydroxylation sites is 1. The minimum Gasteiger partial charge on any atom is -0.338 e. The Bertz CT molecular complexity index is 1160. The predicted molar refractivity (Wildman–Crippen MR) is 120 cm³/mol. The summed E-state index contributed by atoms with van der Waals surface area (Å²) in [6.45, 7) is 5.65. The van der Waals surface area contributed by atoms with Gasteiger partial charge < -0.3 is 4.90 Å². The molecule has 1 aromatic heterocycles. The summed E-state index contributed by atoms with van der Waals surface area (Å²) < 4.78 is 1.74. The van der Waals surface area contributed by atoms with Crippen LogP contribution in [0.2, 0.25) is 0 Å². The van der Waals surface area contributed by atoms with E-state index in [1.165, 1.54) is 11.1 Å². The molecule has 3 aromatic carbocycles. The van der Waals surface area contributed by atoms with Crippen molar-refractivity contribution in [2.45, 2.75) is 26.8 Å². The summed E-state index contributed by atoms with van der Waals surface area (Å²) in [5.74, 6) is 0.671. The van der Waals surface area contributed by atoms with Crippen molar-refractivity contribution in [1.29, 1.82) is 0 Å². The largest absolute Gasteiger partial charge is 0.338 e. The van der Waals surface area contributed by atoms with Crippen molar-refractivity contribution in [3.8, 4) is 5.69 Å². The van der Waals surface area contributed by atoms with Gasteiger partial charge in [-0.2, -0.15) is 0 Å². The lowest BCUT2D eigenvalue weighted by molar-refractivity contribution is 0.762. The van der Waals surface area contributed by atoms with Crippen LogP contribution in [0.4, 0.5) is 5.95 Å². The molecule has 4 rings (SSSR count). The normalized spacial score (nSPS) is 11.0. The van der Waals surface area contributed by atoms with Crippen LogP contribution in [0.3, 0.4) is 0 Å². The maximum Gasteiger partial charge on any atom is 0.267 e. The summed E-state index contributed by atoms with van der Waals surface area (Å²) in [6.07, 6.45) is 0.965. The van der Waals surface area contributed by atoms with E-state index in [4.69, 9.17) is 4.98 Å².